The van der Waals surface area contributed by atoms with E-state index in [1.54, 1.807) is 16.7 Å². The average Bonchev–Trinajstić information content (AvgIpc) is 2.80. The quantitative estimate of drug-likeness (QED) is 0.802. The molecule has 1 unspecified atom stereocenters. The second-order valence-corrected chi connectivity index (χ2v) is 6.99. The number of hydrogen-bond acceptors (Lipinski definition) is 3. The lowest BCUT2D eigenvalue weighted by molar-refractivity contribution is 0.399. The number of alkyl halides is 1. The summed E-state index contributed by atoms with van der Waals surface area (Å²) < 4.78 is 25.3. The van der Waals surface area contributed by atoms with E-state index in [0.29, 0.717) is 6.54 Å². The molecule has 0 saturated carbocycles. The monoisotopic (exact) mass is 304 g/mol. The molecule has 0 radical (unpaired) electrons. The molecule has 1 aliphatic heterocycles. The summed E-state index contributed by atoms with van der Waals surface area (Å²) in [4.78, 5) is 3.95. The van der Waals surface area contributed by atoms with Crippen molar-refractivity contribution in [1.82, 2.24) is 9.29 Å². The number of nitrogens with zero attached hydrogens (tertiary/aromatic N) is 2. The van der Waals surface area contributed by atoms with Gasteiger partial charge < -0.3 is 0 Å². The van der Waals surface area contributed by atoms with Gasteiger partial charge in [0.1, 0.15) is 4.66 Å². The van der Waals surface area contributed by atoms with Gasteiger partial charge in [0.05, 0.1) is 0 Å². The van der Waals surface area contributed by atoms with Crippen LogP contribution in [-0.4, -0.2) is 28.9 Å². The molecule has 0 N–H and O–H groups in total. The highest BCUT2D eigenvalue weighted by Crippen LogP contribution is 2.34. The summed E-state index contributed by atoms with van der Waals surface area (Å²) in [5, 5.41) is 0. The van der Waals surface area contributed by atoms with Crippen molar-refractivity contribution in [2.45, 2.75) is 18.9 Å². The molecule has 1 saturated heterocycles. The number of pyridine rings is 1. The molecular weight excluding hydrogens is 292 g/mol. The Bertz CT molecular complexity index is 449. The topological polar surface area (TPSA) is 50.3 Å². The molecule has 0 amide bonds. The first kappa shape index (κ1) is 12.0. The molecule has 1 aromatic rings. The minimum atomic E-state index is -3.17. The lowest BCUT2D eigenvalue weighted by atomic mass is 10.1. The van der Waals surface area contributed by atoms with Crippen LogP contribution in [0.4, 0.5) is 0 Å². The van der Waals surface area contributed by atoms with Crippen molar-refractivity contribution in [2.24, 2.45) is 0 Å². The van der Waals surface area contributed by atoms with E-state index in [1.807, 2.05) is 12.1 Å². The van der Waals surface area contributed by atoms with Crippen molar-refractivity contribution in [1.29, 1.82) is 0 Å². The standard InChI is InChI=1S/C10H13BrN2O2S/c11-8-16(14,15)13-7-1-2-10(13)9-3-5-12-6-4-9/h3-6,10H,1-2,7-8H2. The molecule has 1 atom stereocenters. The zero-order chi connectivity index (χ0) is 11.6. The van der Waals surface area contributed by atoms with Crippen LogP contribution in [-0.2, 0) is 10.0 Å². The minimum Gasteiger partial charge on any atom is -0.265 e. The van der Waals surface area contributed by atoms with Crippen LogP contribution in [0.2, 0.25) is 0 Å². The van der Waals surface area contributed by atoms with Crippen molar-refractivity contribution in [3.05, 3.63) is 30.1 Å². The van der Waals surface area contributed by atoms with E-state index in [-0.39, 0.29) is 10.7 Å². The van der Waals surface area contributed by atoms with E-state index >= 15 is 0 Å². The fourth-order valence-corrected chi connectivity index (χ4v) is 3.99. The molecule has 1 aliphatic rings. The molecule has 0 spiro atoms. The fraction of sp³-hybridized carbons (Fsp3) is 0.500. The van der Waals surface area contributed by atoms with Gasteiger partial charge in [0.25, 0.3) is 0 Å². The van der Waals surface area contributed by atoms with Crippen LogP contribution in [0, 0.1) is 0 Å². The second kappa shape index (κ2) is 4.81. The highest BCUT2D eigenvalue weighted by atomic mass is 79.9. The van der Waals surface area contributed by atoms with Crippen LogP contribution in [0.25, 0.3) is 0 Å². The van der Waals surface area contributed by atoms with Gasteiger partial charge in [0.15, 0.2) is 0 Å². The molecule has 2 heterocycles. The molecule has 16 heavy (non-hydrogen) atoms. The summed E-state index contributed by atoms with van der Waals surface area (Å²) in [6, 6.07) is 3.74. The van der Waals surface area contributed by atoms with Gasteiger partial charge in [0.2, 0.25) is 10.0 Å². The smallest absolute Gasteiger partial charge is 0.224 e. The van der Waals surface area contributed by atoms with Crippen molar-refractivity contribution in [3.63, 3.8) is 0 Å². The van der Waals surface area contributed by atoms with Crippen LogP contribution in [0.15, 0.2) is 24.5 Å². The molecule has 1 fully saturated rings. The number of rotatable bonds is 3. The van der Waals surface area contributed by atoms with Crippen molar-refractivity contribution >= 4 is 26.0 Å². The number of sulfonamides is 1. The Kier molecular flexibility index (Phi) is 3.61. The molecule has 0 bridgehead atoms. The van der Waals surface area contributed by atoms with Crippen LogP contribution < -0.4 is 0 Å². The Morgan fingerprint density at radius 1 is 1.44 bits per heavy atom. The van der Waals surface area contributed by atoms with Gasteiger partial charge in [-0.3, -0.25) is 4.98 Å². The normalized spacial score (nSPS) is 22.4. The number of aromatic nitrogens is 1. The van der Waals surface area contributed by atoms with E-state index in [4.69, 9.17) is 0 Å². The maximum Gasteiger partial charge on any atom is 0.224 e. The summed E-state index contributed by atoms with van der Waals surface area (Å²) in [5.41, 5.74) is 1.03. The van der Waals surface area contributed by atoms with E-state index in [1.165, 1.54) is 0 Å². The zero-order valence-corrected chi connectivity index (χ0v) is 11.1. The number of halogens is 1. The molecule has 2 rings (SSSR count). The Balaban J connectivity index is 2.29. The van der Waals surface area contributed by atoms with E-state index < -0.39 is 10.0 Å². The predicted molar refractivity (Wildman–Crippen MR) is 65.6 cm³/mol. The third kappa shape index (κ3) is 2.28. The van der Waals surface area contributed by atoms with E-state index in [2.05, 4.69) is 20.9 Å². The Labute approximate surface area is 104 Å². The lowest BCUT2D eigenvalue weighted by Gasteiger charge is -2.23. The summed E-state index contributed by atoms with van der Waals surface area (Å²) in [6.07, 6.45) is 5.20. The van der Waals surface area contributed by atoms with Gasteiger partial charge in [0, 0.05) is 25.0 Å². The summed E-state index contributed by atoms with van der Waals surface area (Å²) in [7, 11) is -3.17. The highest BCUT2D eigenvalue weighted by Gasteiger charge is 2.34. The first-order chi connectivity index (χ1) is 7.65. The first-order valence-electron chi connectivity index (χ1n) is 5.10. The molecule has 0 aromatic carbocycles. The van der Waals surface area contributed by atoms with E-state index in [0.717, 1.165) is 18.4 Å². The van der Waals surface area contributed by atoms with Gasteiger partial charge in [-0.05, 0) is 30.5 Å². The fourth-order valence-electron chi connectivity index (χ4n) is 2.05. The maximum atomic E-state index is 11.8. The van der Waals surface area contributed by atoms with Crippen molar-refractivity contribution < 1.29 is 8.42 Å². The van der Waals surface area contributed by atoms with Gasteiger partial charge in [-0.2, -0.15) is 4.31 Å². The SMILES string of the molecule is O=S(=O)(CBr)N1CCCC1c1ccncc1. The molecule has 1 aromatic heterocycles. The predicted octanol–water partition coefficient (Wildman–Crippen LogP) is 1.90. The van der Waals surface area contributed by atoms with Gasteiger partial charge in [-0.25, -0.2) is 8.42 Å². The highest BCUT2D eigenvalue weighted by molar-refractivity contribution is 9.10. The Morgan fingerprint density at radius 2 is 2.12 bits per heavy atom. The van der Waals surface area contributed by atoms with Crippen molar-refractivity contribution in [2.75, 3.05) is 11.2 Å². The molecule has 4 nitrogen and oxygen atoms in total. The van der Waals surface area contributed by atoms with Crippen LogP contribution in [0.5, 0.6) is 0 Å². The van der Waals surface area contributed by atoms with Gasteiger partial charge in [-0.15, -0.1) is 0 Å². The van der Waals surface area contributed by atoms with Crippen LogP contribution in [0.1, 0.15) is 24.4 Å². The lowest BCUT2D eigenvalue weighted by Crippen LogP contribution is -2.31. The van der Waals surface area contributed by atoms with Crippen LogP contribution >= 0.6 is 15.9 Å². The van der Waals surface area contributed by atoms with Gasteiger partial charge >= 0.3 is 0 Å². The maximum absolute atomic E-state index is 11.8. The van der Waals surface area contributed by atoms with Crippen molar-refractivity contribution in [3.8, 4) is 0 Å². The first-order valence-corrected chi connectivity index (χ1v) is 7.83. The van der Waals surface area contributed by atoms with Gasteiger partial charge in [-0.1, -0.05) is 15.9 Å². The molecule has 88 valence electrons. The minimum absolute atomic E-state index is 0.0123. The summed E-state index contributed by atoms with van der Waals surface area (Å²) >= 11 is 3.04. The average molecular weight is 305 g/mol. The molecule has 0 aliphatic carbocycles. The molecular formula is C10H13BrN2O2S. The third-order valence-corrected chi connectivity index (χ3v) is 5.95. The largest absolute Gasteiger partial charge is 0.265 e. The zero-order valence-electron chi connectivity index (χ0n) is 8.71. The van der Waals surface area contributed by atoms with Crippen LogP contribution in [0.3, 0.4) is 0 Å². The summed E-state index contributed by atoms with van der Waals surface area (Å²) in [5.74, 6) is 0. The second-order valence-electron chi connectivity index (χ2n) is 3.77. The Hall–Kier alpha value is -0.460. The Morgan fingerprint density at radius 3 is 2.75 bits per heavy atom. The summed E-state index contributed by atoms with van der Waals surface area (Å²) in [6.45, 7) is 0.612. The molecule has 6 heteroatoms. The third-order valence-electron chi connectivity index (χ3n) is 2.79. The van der Waals surface area contributed by atoms with E-state index in [9.17, 15) is 8.42 Å². The number of hydrogen-bond donors (Lipinski definition) is 0.